The van der Waals surface area contributed by atoms with E-state index in [0.29, 0.717) is 49.3 Å². The number of nitrogens with zero attached hydrogens (tertiary/aromatic N) is 7. The zero-order valence-corrected chi connectivity index (χ0v) is 22.7. The molecule has 2 atom stereocenters. The van der Waals surface area contributed by atoms with Gasteiger partial charge in [0, 0.05) is 68.4 Å². The van der Waals surface area contributed by atoms with Gasteiger partial charge in [-0.1, -0.05) is 6.07 Å². The Kier molecular flexibility index (Phi) is 6.24. The van der Waals surface area contributed by atoms with Crippen molar-refractivity contribution in [3.63, 3.8) is 0 Å². The summed E-state index contributed by atoms with van der Waals surface area (Å²) in [6.45, 7) is 4.28. The summed E-state index contributed by atoms with van der Waals surface area (Å²) in [5.41, 5.74) is 12.1. The Bertz CT molecular complexity index is 1560. The van der Waals surface area contributed by atoms with Gasteiger partial charge in [0.15, 0.2) is 0 Å². The first kappa shape index (κ1) is 24.8. The van der Waals surface area contributed by atoms with Crippen LogP contribution in [0.15, 0.2) is 53.9 Å². The number of piperazine rings is 1. The maximum Gasteiger partial charge on any atom is 0.212 e. The summed E-state index contributed by atoms with van der Waals surface area (Å²) >= 11 is 0. The van der Waals surface area contributed by atoms with Gasteiger partial charge in [-0.3, -0.25) is 9.89 Å². The number of piperidine rings is 1. The van der Waals surface area contributed by atoms with Gasteiger partial charge in [-0.05, 0) is 30.2 Å². The lowest BCUT2D eigenvalue weighted by atomic mass is 9.87. The lowest BCUT2D eigenvalue weighted by Crippen LogP contribution is -2.68. The van der Waals surface area contributed by atoms with Crippen LogP contribution in [0.2, 0.25) is 0 Å². The molecule has 2 N–H and O–H groups in total. The van der Waals surface area contributed by atoms with Crippen molar-refractivity contribution in [3.05, 3.63) is 65.7 Å². The summed E-state index contributed by atoms with van der Waals surface area (Å²) < 4.78 is 18.1. The molecule has 0 aromatic carbocycles. The number of hydrogen-bond acceptors (Lipinski definition) is 10. The van der Waals surface area contributed by atoms with Gasteiger partial charge in [-0.2, -0.15) is 5.10 Å². The predicted octanol–water partition coefficient (Wildman–Crippen LogP) is 2.51. The van der Waals surface area contributed by atoms with Crippen LogP contribution in [0.3, 0.4) is 0 Å². The van der Waals surface area contributed by atoms with Gasteiger partial charge in [0.25, 0.3) is 0 Å². The molecule has 0 saturated carbocycles. The maximum absolute atomic E-state index is 6.27. The molecular weight excluding hydrogens is 508 g/mol. The number of methoxy groups -OCH3 is 2. The fraction of sp³-hybridized carbons (Fsp3) is 0.379. The minimum Gasteiger partial charge on any atom is -0.490 e. The monoisotopic (exact) mass is 540 g/mol. The zero-order valence-electron chi connectivity index (χ0n) is 22.7. The third-order valence-corrected chi connectivity index (χ3v) is 8.08. The molecule has 40 heavy (non-hydrogen) atoms. The fourth-order valence-corrected chi connectivity index (χ4v) is 6.06. The minimum absolute atomic E-state index is 0.451. The Hall–Kier alpha value is -4.22. The molecule has 4 aromatic rings. The van der Waals surface area contributed by atoms with Crippen molar-refractivity contribution in [3.8, 4) is 22.8 Å². The summed E-state index contributed by atoms with van der Waals surface area (Å²) in [5.74, 6) is 2.87. The number of aromatic nitrogens is 4. The predicted molar refractivity (Wildman–Crippen MR) is 151 cm³/mol. The zero-order chi connectivity index (χ0) is 27.2. The van der Waals surface area contributed by atoms with Gasteiger partial charge >= 0.3 is 0 Å². The van der Waals surface area contributed by atoms with Crippen LogP contribution in [0, 0.1) is 0 Å². The highest BCUT2D eigenvalue weighted by Gasteiger charge is 2.44. The molecule has 3 saturated heterocycles. The number of ether oxygens (including phenoxy) is 3. The van der Waals surface area contributed by atoms with Crippen LogP contribution in [0.4, 0.5) is 5.82 Å². The molecule has 2 bridgehead atoms. The molecule has 0 radical (unpaired) electrons. The molecule has 2 unspecified atom stereocenters. The normalized spacial score (nSPS) is 19.9. The minimum atomic E-state index is 0.451. The molecule has 0 amide bonds. The van der Waals surface area contributed by atoms with Crippen molar-refractivity contribution in [2.75, 3.05) is 45.4 Å². The number of pyridine rings is 3. The SMILES string of the molecule is COCCOc1cc(-c2ccc(N3CC4CC(C3)N4Cc3ccc(OC)nc3)nc2)c2c3c(nn2c1)CN=C3N. The van der Waals surface area contributed by atoms with E-state index in [2.05, 4.69) is 38.0 Å². The van der Waals surface area contributed by atoms with Crippen LogP contribution in [-0.4, -0.2) is 82.9 Å². The number of anilines is 1. The van der Waals surface area contributed by atoms with E-state index >= 15 is 0 Å². The molecule has 11 nitrogen and oxygen atoms in total. The van der Waals surface area contributed by atoms with Crippen molar-refractivity contribution in [1.29, 1.82) is 0 Å². The highest BCUT2D eigenvalue weighted by molar-refractivity contribution is 6.09. The Morgan fingerprint density at radius 2 is 1.90 bits per heavy atom. The Balaban J connectivity index is 1.11. The smallest absolute Gasteiger partial charge is 0.212 e. The molecule has 0 spiro atoms. The van der Waals surface area contributed by atoms with Crippen LogP contribution in [0.5, 0.6) is 11.6 Å². The van der Waals surface area contributed by atoms with Crippen molar-refractivity contribution >= 4 is 17.2 Å². The summed E-state index contributed by atoms with van der Waals surface area (Å²) in [7, 11) is 3.30. The number of fused-ring (bicyclic) bond motifs is 5. The van der Waals surface area contributed by atoms with Crippen LogP contribution in [0.1, 0.15) is 23.2 Å². The first-order valence-corrected chi connectivity index (χ1v) is 13.5. The van der Waals surface area contributed by atoms with Crippen LogP contribution in [0.25, 0.3) is 16.6 Å². The molecule has 4 aliphatic heterocycles. The summed E-state index contributed by atoms with van der Waals surface area (Å²) in [5, 5.41) is 4.74. The average Bonchev–Trinajstić information content (AvgIpc) is 3.55. The summed E-state index contributed by atoms with van der Waals surface area (Å²) in [4.78, 5) is 18.6. The lowest BCUT2D eigenvalue weighted by molar-refractivity contribution is -0.00876. The van der Waals surface area contributed by atoms with Crippen molar-refractivity contribution in [1.82, 2.24) is 24.5 Å². The van der Waals surface area contributed by atoms with E-state index in [1.807, 2.05) is 35.2 Å². The average molecular weight is 541 g/mol. The number of hydrogen-bond donors (Lipinski definition) is 1. The topological polar surface area (TPSA) is 116 Å². The van der Waals surface area contributed by atoms with E-state index in [4.69, 9.17) is 30.0 Å². The Morgan fingerprint density at radius 3 is 2.62 bits per heavy atom. The molecular formula is C29H32N8O3. The molecule has 206 valence electrons. The van der Waals surface area contributed by atoms with E-state index in [9.17, 15) is 0 Å². The van der Waals surface area contributed by atoms with Gasteiger partial charge < -0.3 is 24.8 Å². The Morgan fingerprint density at radius 1 is 1.02 bits per heavy atom. The largest absolute Gasteiger partial charge is 0.490 e. The highest BCUT2D eigenvalue weighted by Crippen LogP contribution is 2.37. The third-order valence-electron chi connectivity index (χ3n) is 8.08. The second-order valence-corrected chi connectivity index (χ2v) is 10.5. The first-order chi connectivity index (χ1) is 19.6. The van der Waals surface area contributed by atoms with Gasteiger partial charge in [0.2, 0.25) is 5.88 Å². The van der Waals surface area contributed by atoms with Crippen molar-refractivity contribution < 1.29 is 14.2 Å². The van der Waals surface area contributed by atoms with Crippen LogP contribution >= 0.6 is 0 Å². The molecule has 4 aliphatic rings. The number of rotatable bonds is 9. The van der Waals surface area contributed by atoms with Crippen molar-refractivity contribution in [2.45, 2.75) is 31.6 Å². The van der Waals surface area contributed by atoms with E-state index in [0.717, 1.165) is 53.4 Å². The van der Waals surface area contributed by atoms with Gasteiger partial charge in [0.05, 0.1) is 43.2 Å². The molecule has 8 heterocycles. The van der Waals surface area contributed by atoms with Crippen LogP contribution < -0.4 is 20.1 Å². The summed E-state index contributed by atoms with van der Waals surface area (Å²) in [6.07, 6.45) is 6.96. The molecule has 0 aliphatic carbocycles. The van der Waals surface area contributed by atoms with Gasteiger partial charge in [-0.15, -0.1) is 0 Å². The molecule has 3 fully saturated rings. The third kappa shape index (κ3) is 4.31. The second-order valence-electron chi connectivity index (χ2n) is 10.5. The molecule has 4 aromatic heterocycles. The van der Waals surface area contributed by atoms with Crippen molar-refractivity contribution in [2.24, 2.45) is 10.7 Å². The number of amidine groups is 1. The summed E-state index contributed by atoms with van der Waals surface area (Å²) in [6, 6.07) is 11.3. The number of aliphatic imine (C=N–C) groups is 1. The van der Waals surface area contributed by atoms with Crippen LogP contribution in [-0.2, 0) is 17.8 Å². The maximum atomic E-state index is 6.27. The second kappa shape index (κ2) is 10.1. The first-order valence-electron chi connectivity index (χ1n) is 13.5. The quantitative estimate of drug-likeness (QED) is 0.320. The van der Waals surface area contributed by atoms with E-state index in [-0.39, 0.29) is 0 Å². The van der Waals surface area contributed by atoms with Gasteiger partial charge in [0.1, 0.15) is 24.0 Å². The number of nitrogens with two attached hydrogens (primary N) is 1. The fourth-order valence-electron chi connectivity index (χ4n) is 6.06. The van der Waals surface area contributed by atoms with E-state index in [1.165, 1.54) is 12.0 Å². The van der Waals surface area contributed by atoms with E-state index in [1.54, 1.807) is 14.2 Å². The molecule has 11 heteroatoms. The molecule has 8 rings (SSSR count). The lowest BCUT2D eigenvalue weighted by Gasteiger charge is -2.56. The van der Waals surface area contributed by atoms with Gasteiger partial charge in [-0.25, -0.2) is 14.5 Å². The Labute approximate surface area is 232 Å². The highest BCUT2D eigenvalue weighted by atomic mass is 16.5. The van der Waals surface area contributed by atoms with E-state index < -0.39 is 0 Å². The standard InChI is InChI=1S/C29H32N8O3/c1-38-7-8-40-22-10-23(28-27-24(13-33-29(27)30)34-37(28)17-22)19-4-5-25(31-12-19)35-15-20-9-21(16-35)36(20)14-18-3-6-26(39-2)32-11-18/h3-6,10-12,17,20-21H,7-9,13-16H2,1-2H3,(H2,30,33).